The van der Waals surface area contributed by atoms with Gasteiger partial charge in [0.15, 0.2) is 0 Å². The smallest absolute Gasteiger partial charge is 0.235 e. The molecule has 2 aromatic rings. The Kier molecular flexibility index (Phi) is 3.65. The molecule has 20 heavy (non-hydrogen) atoms. The molecule has 0 amide bonds. The molecule has 104 valence electrons. The lowest BCUT2D eigenvalue weighted by atomic mass is 10.2. The van der Waals surface area contributed by atoms with Crippen molar-refractivity contribution in [2.75, 3.05) is 17.7 Å². The van der Waals surface area contributed by atoms with E-state index < -0.39 is 0 Å². The fourth-order valence-electron chi connectivity index (χ4n) is 1.74. The number of nitrogens with two attached hydrogens (primary N) is 2. The minimum absolute atomic E-state index is 0.00275. The molecule has 0 fully saturated rings. The number of oxime groups is 1. The summed E-state index contributed by atoms with van der Waals surface area (Å²) in [5.74, 6) is 0.111. The van der Waals surface area contributed by atoms with Crippen molar-refractivity contribution in [1.82, 2.24) is 15.0 Å². The van der Waals surface area contributed by atoms with E-state index in [1.165, 1.54) is 0 Å². The molecule has 1 heterocycles. The van der Waals surface area contributed by atoms with Gasteiger partial charge in [0.05, 0.1) is 0 Å². The van der Waals surface area contributed by atoms with Crippen LogP contribution >= 0.6 is 0 Å². The van der Waals surface area contributed by atoms with Crippen molar-refractivity contribution >= 4 is 23.4 Å². The molecule has 5 N–H and O–H groups in total. The first-order valence-corrected chi connectivity index (χ1v) is 5.81. The second-order valence-electron chi connectivity index (χ2n) is 4.15. The molecule has 0 saturated carbocycles. The molecular formula is C12H15N7O. The summed E-state index contributed by atoms with van der Waals surface area (Å²) in [6.45, 7) is 1.97. The molecule has 2 rings (SSSR count). The van der Waals surface area contributed by atoms with Crippen LogP contribution in [0.25, 0.3) is 0 Å². The summed E-state index contributed by atoms with van der Waals surface area (Å²) < 4.78 is 0. The van der Waals surface area contributed by atoms with Crippen molar-refractivity contribution < 1.29 is 5.21 Å². The highest BCUT2D eigenvalue weighted by atomic mass is 16.4. The standard InChI is InChI=1S/C12H15N7O/c1-7-5-3-4-6-8(7)19(2)12-16-10(9(13)18-20)15-11(14)17-12/h3-6,20H,1-2H3,(H2,13,18)(H2,14,15,16,17). The SMILES string of the molecule is Cc1ccccc1N(C)c1nc(N)nc(/C(N)=N/O)n1. The third-order valence-electron chi connectivity index (χ3n) is 2.75. The Balaban J connectivity index is 2.48. The maximum atomic E-state index is 8.68. The van der Waals surface area contributed by atoms with E-state index >= 15 is 0 Å². The van der Waals surface area contributed by atoms with E-state index in [1.54, 1.807) is 11.9 Å². The number of hydrogen-bond donors (Lipinski definition) is 3. The summed E-state index contributed by atoms with van der Waals surface area (Å²) in [5, 5.41) is 11.5. The van der Waals surface area contributed by atoms with Crippen LogP contribution in [0.5, 0.6) is 0 Å². The van der Waals surface area contributed by atoms with Crippen molar-refractivity contribution in [1.29, 1.82) is 0 Å². The summed E-state index contributed by atoms with van der Waals surface area (Å²) >= 11 is 0. The lowest BCUT2D eigenvalue weighted by Crippen LogP contribution is -2.22. The van der Waals surface area contributed by atoms with Crippen LogP contribution in [-0.2, 0) is 0 Å². The molecule has 8 heteroatoms. The highest BCUT2D eigenvalue weighted by Gasteiger charge is 2.14. The summed E-state index contributed by atoms with van der Waals surface area (Å²) in [7, 11) is 1.80. The predicted octanol–water partition coefficient (Wildman–Crippen LogP) is 0.625. The third kappa shape index (κ3) is 2.58. The Bertz CT molecular complexity index is 656. The van der Waals surface area contributed by atoms with Crippen molar-refractivity contribution in [3.8, 4) is 0 Å². The van der Waals surface area contributed by atoms with Gasteiger partial charge >= 0.3 is 0 Å². The quantitative estimate of drug-likeness (QED) is 0.324. The Hall–Kier alpha value is -2.90. The molecule has 0 bridgehead atoms. The van der Waals surface area contributed by atoms with Crippen LogP contribution < -0.4 is 16.4 Å². The molecule has 0 saturated heterocycles. The number of nitrogen functional groups attached to an aromatic ring is 1. The molecule has 1 aromatic carbocycles. The fourth-order valence-corrected chi connectivity index (χ4v) is 1.74. The van der Waals surface area contributed by atoms with Crippen LogP contribution in [0, 0.1) is 6.92 Å². The van der Waals surface area contributed by atoms with E-state index in [-0.39, 0.29) is 17.6 Å². The summed E-state index contributed by atoms with van der Waals surface area (Å²) in [6.07, 6.45) is 0. The average molecular weight is 273 g/mol. The molecule has 0 unspecified atom stereocenters. The highest BCUT2D eigenvalue weighted by molar-refractivity contribution is 5.93. The van der Waals surface area contributed by atoms with E-state index in [0.29, 0.717) is 5.95 Å². The van der Waals surface area contributed by atoms with Crippen LogP contribution in [0.4, 0.5) is 17.6 Å². The van der Waals surface area contributed by atoms with Crippen molar-refractivity contribution in [2.45, 2.75) is 6.92 Å². The summed E-state index contributed by atoms with van der Waals surface area (Å²) in [5.41, 5.74) is 13.1. The molecular weight excluding hydrogens is 258 g/mol. The second kappa shape index (κ2) is 5.39. The van der Waals surface area contributed by atoms with Crippen molar-refractivity contribution in [3.05, 3.63) is 35.7 Å². The largest absolute Gasteiger partial charge is 0.409 e. The highest BCUT2D eigenvalue weighted by Crippen LogP contribution is 2.23. The number of para-hydroxylation sites is 1. The number of benzene rings is 1. The fraction of sp³-hybridized carbons (Fsp3) is 0.167. The normalized spacial score (nSPS) is 11.4. The second-order valence-corrected chi connectivity index (χ2v) is 4.15. The Morgan fingerprint density at radius 3 is 2.60 bits per heavy atom. The zero-order chi connectivity index (χ0) is 14.7. The first kappa shape index (κ1) is 13.5. The molecule has 0 spiro atoms. The van der Waals surface area contributed by atoms with Crippen LogP contribution in [0.1, 0.15) is 11.4 Å². The number of amidine groups is 1. The molecule has 0 atom stereocenters. The molecule has 0 radical (unpaired) electrons. The van der Waals surface area contributed by atoms with Gasteiger partial charge in [-0.15, -0.1) is 0 Å². The van der Waals surface area contributed by atoms with Crippen LogP contribution in [0.3, 0.4) is 0 Å². The van der Waals surface area contributed by atoms with Gasteiger partial charge in [-0.25, -0.2) is 0 Å². The van der Waals surface area contributed by atoms with Gasteiger partial charge in [-0.05, 0) is 18.6 Å². The molecule has 0 aliphatic rings. The molecule has 1 aromatic heterocycles. The van der Waals surface area contributed by atoms with Crippen LogP contribution in [0.15, 0.2) is 29.4 Å². The van der Waals surface area contributed by atoms with E-state index in [4.69, 9.17) is 16.7 Å². The van der Waals surface area contributed by atoms with Gasteiger partial charge in [0.25, 0.3) is 0 Å². The first-order valence-electron chi connectivity index (χ1n) is 5.81. The molecule has 0 aliphatic carbocycles. The Morgan fingerprint density at radius 1 is 1.25 bits per heavy atom. The minimum Gasteiger partial charge on any atom is -0.409 e. The van der Waals surface area contributed by atoms with Gasteiger partial charge in [0.1, 0.15) is 0 Å². The number of aryl methyl sites for hydroxylation is 1. The maximum absolute atomic E-state index is 8.68. The average Bonchev–Trinajstić information content (AvgIpc) is 2.45. The number of anilines is 3. The maximum Gasteiger partial charge on any atom is 0.235 e. The minimum atomic E-state index is -0.224. The van der Waals surface area contributed by atoms with E-state index in [0.717, 1.165) is 11.3 Å². The van der Waals surface area contributed by atoms with Crippen LogP contribution in [0.2, 0.25) is 0 Å². The zero-order valence-electron chi connectivity index (χ0n) is 11.1. The predicted molar refractivity (Wildman–Crippen MR) is 76.0 cm³/mol. The lowest BCUT2D eigenvalue weighted by Gasteiger charge is -2.19. The number of aromatic nitrogens is 3. The van der Waals surface area contributed by atoms with Gasteiger partial charge in [0, 0.05) is 12.7 Å². The molecule has 8 nitrogen and oxygen atoms in total. The van der Waals surface area contributed by atoms with E-state index in [2.05, 4.69) is 20.1 Å². The van der Waals surface area contributed by atoms with Gasteiger partial charge < -0.3 is 21.6 Å². The summed E-state index contributed by atoms with van der Waals surface area (Å²) in [4.78, 5) is 13.8. The number of rotatable bonds is 3. The number of hydrogen-bond acceptors (Lipinski definition) is 7. The Morgan fingerprint density at radius 2 is 1.95 bits per heavy atom. The van der Waals surface area contributed by atoms with Gasteiger partial charge in [-0.3, -0.25) is 0 Å². The van der Waals surface area contributed by atoms with Gasteiger partial charge in [-0.2, -0.15) is 15.0 Å². The van der Waals surface area contributed by atoms with Crippen molar-refractivity contribution in [2.24, 2.45) is 10.9 Å². The Labute approximate surface area is 115 Å². The lowest BCUT2D eigenvalue weighted by molar-refractivity contribution is 0.318. The van der Waals surface area contributed by atoms with Gasteiger partial charge in [-0.1, -0.05) is 23.4 Å². The van der Waals surface area contributed by atoms with Gasteiger partial charge in [0.2, 0.25) is 23.6 Å². The first-order chi connectivity index (χ1) is 9.52. The van der Waals surface area contributed by atoms with Crippen LogP contribution in [-0.4, -0.2) is 33.0 Å². The van der Waals surface area contributed by atoms with Crippen molar-refractivity contribution in [3.63, 3.8) is 0 Å². The third-order valence-corrected chi connectivity index (χ3v) is 2.75. The zero-order valence-corrected chi connectivity index (χ0v) is 11.1. The topological polar surface area (TPSA) is 127 Å². The number of nitrogens with zero attached hydrogens (tertiary/aromatic N) is 5. The summed E-state index contributed by atoms with van der Waals surface area (Å²) in [6, 6.07) is 7.75. The monoisotopic (exact) mass is 273 g/mol. The van der Waals surface area contributed by atoms with E-state index in [9.17, 15) is 0 Å². The van der Waals surface area contributed by atoms with E-state index in [1.807, 2.05) is 31.2 Å². The molecule has 0 aliphatic heterocycles.